The van der Waals surface area contributed by atoms with Crippen molar-refractivity contribution in [1.82, 2.24) is 15.2 Å². The maximum Gasteiger partial charge on any atom is 0.227 e. The summed E-state index contributed by atoms with van der Waals surface area (Å²) >= 11 is 0. The zero-order chi connectivity index (χ0) is 18.1. The van der Waals surface area contributed by atoms with E-state index in [-0.39, 0.29) is 35.4 Å². The fraction of sp³-hybridized carbons (Fsp3) is 0.650. The lowest BCUT2D eigenvalue weighted by Gasteiger charge is -2.43. The second-order valence-electron chi connectivity index (χ2n) is 7.91. The molecule has 3 fully saturated rings. The van der Waals surface area contributed by atoms with Crippen LogP contribution in [0, 0.1) is 5.92 Å². The molecule has 3 atom stereocenters. The van der Waals surface area contributed by atoms with Crippen molar-refractivity contribution >= 4 is 11.8 Å². The van der Waals surface area contributed by atoms with Crippen LogP contribution in [0.4, 0.5) is 0 Å². The SMILES string of the molecule is CO[C@@]12CC[C@@H](NC(=O)C3CC3)C[C@@H]1N(C(=O)Cc1ccncc1)CC2. The van der Waals surface area contributed by atoms with Crippen LogP contribution in [0.1, 0.15) is 44.1 Å². The van der Waals surface area contributed by atoms with Gasteiger partial charge >= 0.3 is 0 Å². The van der Waals surface area contributed by atoms with Gasteiger partial charge in [-0.05, 0) is 56.2 Å². The van der Waals surface area contributed by atoms with Crippen LogP contribution in [-0.2, 0) is 20.7 Å². The van der Waals surface area contributed by atoms with Crippen molar-refractivity contribution in [3.8, 4) is 0 Å². The number of likely N-dealkylation sites (tertiary alicyclic amines) is 1. The fourth-order valence-corrected chi connectivity index (χ4v) is 4.57. The number of ether oxygens (including phenoxy) is 1. The Bertz CT molecular complexity index is 676. The molecule has 140 valence electrons. The summed E-state index contributed by atoms with van der Waals surface area (Å²) in [4.78, 5) is 31.1. The van der Waals surface area contributed by atoms with Crippen LogP contribution < -0.4 is 5.32 Å². The number of aromatic nitrogens is 1. The molecule has 1 aromatic heterocycles. The van der Waals surface area contributed by atoms with Crippen molar-refractivity contribution in [3.63, 3.8) is 0 Å². The third kappa shape index (κ3) is 3.34. The molecule has 0 spiro atoms. The highest BCUT2D eigenvalue weighted by molar-refractivity contribution is 5.81. The fourth-order valence-electron chi connectivity index (χ4n) is 4.57. The molecule has 0 unspecified atom stereocenters. The van der Waals surface area contributed by atoms with E-state index in [0.29, 0.717) is 6.42 Å². The van der Waals surface area contributed by atoms with Gasteiger partial charge in [0.25, 0.3) is 0 Å². The Morgan fingerprint density at radius 3 is 2.73 bits per heavy atom. The summed E-state index contributed by atoms with van der Waals surface area (Å²) in [6.07, 6.45) is 9.33. The highest BCUT2D eigenvalue weighted by atomic mass is 16.5. The second kappa shape index (κ2) is 6.99. The molecule has 6 heteroatoms. The number of hydrogen-bond donors (Lipinski definition) is 1. The molecule has 2 aliphatic carbocycles. The zero-order valence-electron chi connectivity index (χ0n) is 15.3. The van der Waals surface area contributed by atoms with Crippen LogP contribution in [0.2, 0.25) is 0 Å². The van der Waals surface area contributed by atoms with Gasteiger partial charge in [0.2, 0.25) is 11.8 Å². The average molecular weight is 357 g/mol. The van der Waals surface area contributed by atoms with Gasteiger partial charge in [-0.2, -0.15) is 0 Å². The van der Waals surface area contributed by atoms with Gasteiger partial charge in [-0.25, -0.2) is 0 Å². The highest BCUT2D eigenvalue weighted by Gasteiger charge is 2.52. The minimum atomic E-state index is -0.255. The predicted octanol–water partition coefficient (Wildman–Crippen LogP) is 1.69. The zero-order valence-corrected chi connectivity index (χ0v) is 15.3. The lowest BCUT2D eigenvalue weighted by Crippen LogP contribution is -2.56. The van der Waals surface area contributed by atoms with Gasteiger partial charge in [-0.3, -0.25) is 14.6 Å². The first-order valence-electron chi connectivity index (χ1n) is 9.65. The molecule has 0 radical (unpaired) electrons. The lowest BCUT2D eigenvalue weighted by atomic mass is 9.78. The molecular weight excluding hydrogens is 330 g/mol. The van der Waals surface area contributed by atoms with E-state index in [1.807, 2.05) is 17.0 Å². The molecule has 1 saturated heterocycles. The standard InChI is InChI=1S/C20H27N3O3/c1-26-20-7-4-16(22-19(25)15-2-3-15)13-17(20)23(11-8-20)18(24)12-14-5-9-21-10-6-14/h5-6,9-10,15-17H,2-4,7-8,11-13H2,1H3,(H,22,25)/t16-,17+,20-/m1/s1. The van der Waals surface area contributed by atoms with Crippen LogP contribution in [0.25, 0.3) is 0 Å². The molecule has 26 heavy (non-hydrogen) atoms. The topological polar surface area (TPSA) is 71.5 Å². The van der Waals surface area contributed by atoms with Gasteiger partial charge in [-0.15, -0.1) is 0 Å². The number of hydrogen-bond acceptors (Lipinski definition) is 4. The molecule has 6 nitrogen and oxygen atoms in total. The maximum absolute atomic E-state index is 12.9. The Labute approximate surface area is 154 Å². The van der Waals surface area contributed by atoms with E-state index in [1.165, 1.54) is 0 Å². The van der Waals surface area contributed by atoms with E-state index >= 15 is 0 Å². The Morgan fingerprint density at radius 1 is 1.27 bits per heavy atom. The molecule has 2 saturated carbocycles. The molecular formula is C20H27N3O3. The number of carbonyl (C=O) groups excluding carboxylic acids is 2. The number of rotatable bonds is 5. The highest BCUT2D eigenvalue weighted by Crippen LogP contribution is 2.43. The number of methoxy groups -OCH3 is 1. The van der Waals surface area contributed by atoms with E-state index in [1.54, 1.807) is 19.5 Å². The molecule has 2 amide bonds. The van der Waals surface area contributed by atoms with Crippen molar-refractivity contribution in [1.29, 1.82) is 0 Å². The molecule has 0 aromatic carbocycles. The van der Waals surface area contributed by atoms with Crippen molar-refractivity contribution in [2.45, 2.75) is 62.6 Å². The summed E-state index contributed by atoms with van der Waals surface area (Å²) in [5.41, 5.74) is 0.726. The number of carbonyl (C=O) groups is 2. The van der Waals surface area contributed by atoms with E-state index < -0.39 is 0 Å². The van der Waals surface area contributed by atoms with Gasteiger partial charge in [0.15, 0.2) is 0 Å². The quantitative estimate of drug-likeness (QED) is 0.870. The van der Waals surface area contributed by atoms with Crippen LogP contribution in [0.5, 0.6) is 0 Å². The summed E-state index contributed by atoms with van der Waals surface area (Å²) in [6, 6.07) is 3.96. The monoisotopic (exact) mass is 357 g/mol. The van der Waals surface area contributed by atoms with Crippen molar-refractivity contribution < 1.29 is 14.3 Å². The normalized spacial score (nSPS) is 30.7. The Morgan fingerprint density at radius 2 is 2.04 bits per heavy atom. The van der Waals surface area contributed by atoms with Crippen LogP contribution >= 0.6 is 0 Å². The molecule has 1 aromatic rings. The average Bonchev–Trinajstić information content (AvgIpc) is 3.44. The summed E-state index contributed by atoms with van der Waals surface area (Å²) < 4.78 is 5.93. The Kier molecular flexibility index (Phi) is 4.69. The van der Waals surface area contributed by atoms with E-state index in [4.69, 9.17) is 4.74 Å². The number of nitrogens with zero attached hydrogens (tertiary/aromatic N) is 2. The number of amides is 2. The van der Waals surface area contributed by atoms with Crippen molar-refractivity contribution in [3.05, 3.63) is 30.1 Å². The number of nitrogens with one attached hydrogen (secondary N) is 1. The van der Waals surface area contributed by atoms with E-state index in [2.05, 4.69) is 10.3 Å². The van der Waals surface area contributed by atoms with Gasteiger partial charge in [0.05, 0.1) is 18.1 Å². The third-order valence-electron chi connectivity index (χ3n) is 6.31. The van der Waals surface area contributed by atoms with Gasteiger partial charge < -0.3 is 15.0 Å². The smallest absolute Gasteiger partial charge is 0.227 e. The number of pyridine rings is 1. The Balaban J connectivity index is 1.45. The van der Waals surface area contributed by atoms with E-state index in [0.717, 1.165) is 50.6 Å². The minimum Gasteiger partial charge on any atom is -0.376 e. The van der Waals surface area contributed by atoms with Crippen LogP contribution in [0.3, 0.4) is 0 Å². The second-order valence-corrected chi connectivity index (χ2v) is 7.91. The van der Waals surface area contributed by atoms with Gasteiger partial charge in [0.1, 0.15) is 0 Å². The van der Waals surface area contributed by atoms with Crippen molar-refractivity contribution in [2.24, 2.45) is 5.92 Å². The summed E-state index contributed by atoms with van der Waals surface area (Å²) in [5, 5.41) is 3.20. The van der Waals surface area contributed by atoms with Crippen molar-refractivity contribution in [2.75, 3.05) is 13.7 Å². The van der Waals surface area contributed by atoms with Crippen LogP contribution in [-0.4, -0.2) is 53.0 Å². The predicted molar refractivity (Wildman–Crippen MR) is 96.3 cm³/mol. The van der Waals surface area contributed by atoms with E-state index in [9.17, 15) is 9.59 Å². The molecule has 0 bridgehead atoms. The molecule has 1 N–H and O–H groups in total. The maximum atomic E-state index is 12.9. The Hall–Kier alpha value is -1.95. The largest absolute Gasteiger partial charge is 0.376 e. The summed E-state index contributed by atoms with van der Waals surface area (Å²) in [6.45, 7) is 0.728. The molecule has 3 aliphatic rings. The molecule has 4 rings (SSSR count). The first-order valence-corrected chi connectivity index (χ1v) is 9.65. The summed E-state index contributed by atoms with van der Waals surface area (Å²) in [7, 11) is 1.76. The van der Waals surface area contributed by atoms with Gasteiger partial charge in [0, 0.05) is 38.0 Å². The first-order chi connectivity index (χ1) is 12.6. The third-order valence-corrected chi connectivity index (χ3v) is 6.31. The molecule has 2 heterocycles. The first kappa shape index (κ1) is 17.5. The van der Waals surface area contributed by atoms with Gasteiger partial charge in [-0.1, -0.05) is 0 Å². The number of fused-ring (bicyclic) bond motifs is 1. The summed E-state index contributed by atoms with van der Waals surface area (Å²) in [5.74, 6) is 0.541. The minimum absolute atomic E-state index is 0.0418. The van der Waals surface area contributed by atoms with Crippen LogP contribution in [0.15, 0.2) is 24.5 Å². The molecule has 1 aliphatic heterocycles. The lowest BCUT2D eigenvalue weighted by molar-refractivity contribution is -0.137.